The highest BCUT2D eigenvalue weighted by Crippen LogP contribution is 2.51. The normalized spacial score (nSPS) is 31.8. The van der Waals surface area contributed by atoms with E-state index >= 15 is 0 Å². The van der Waals surface area contributed by atoms with Crippen LogP contribution in [0.4, 0.5) is 0 Å². The predicted molar refractivity (Wildman–Crippen MR) is 55.7 cm³/mol. The molecule has 2 heteroatoms. The third-order valence-corrected chi connectivity index (χ3v) is 3.28. The predicted octanol–water partition coefficient (Wildman–Crippen LogP) is 2.92. The Morgan fingerprint density at radius 3 is 2.54 bits per heavy atom. The Morgan fingerprint density at radius 2 is 2.08 bits per heavy atom. The van der Waals surface area contributed by atoms with E-state index in [1.807, 2.05) is 24.3 Å². The Morgan fingerprint density at radius 1 is 1.46 bits per heavy atom. The maximum atomic E-state index is 6.23. The van der Waals surface area contributed by atoms with Gasteiger partial charge in [-0.1, -0.05) is 37.1 Å². The Hall–Kier alpha value is -0.530. The number of hydrogen-bond acceptors (Lipinski definition) is 1. The summed E-state index contributed by atoms with van der Waals surface area (Å²) >= 11 is 5.81. The largest absolute Gasteiger partial charge is 0.321 e. The number of benzene rings is 1. The summed E-state index contributed by atoms with van der Waals surface area (Å²) in [7, 11) is 0. The van der Waals surface area contributed by atoms with Crippen molar-refractivity contribution in [2.75, 3.05) is 0 Å². The molecule has 2 rings (SSSR count). The first-order chi connectivity index (χ1) is 6.16. The van der Waals surface area contributed by atoms with Gasteiger partial charge in [0.25, 0.3) is 0 Å². The third-order valence-electron chi connectivity index (χ3n) is 3.03. The molecule has 0 bridgehead atoms. The summed E-state index contributed by atoms with van der Waals surface area (Å²) in [6.07, 6.45) is 2.28. The van der Waals surface area contributed by atoms with E-state index < -0.39 is 0 Å². The van der Waals surface area contributed by atoms with Gasteiger partial charge < -0.3 is 5.73 Å². The lowest BCUT2D eigenvalue weighted by Crippen LogP contribution is -2.21. The number of hydrogen-bond donors (Lipinski definition) is 1. The van der Waals surface area contributed by atoms with Crippen LogP contribution in [-0.2, 0) is 5.54 Å². The molecule has 1 aliphatic rings. The van der Waals surface area contributed by atoms with Crippen molar-refractivity contribution in [3.8, 4) is 0 Å². The Balaban J connectivity index is 2.23. The Kier molecular flexibility index (Phi) is 2.09. The molecule has 0 amide bonds. The summed E-state index contributed by atoms with van der Waals surface area (Å²) in [5, 5.41) is 0.779. The minimum absolute atomic E-state index is 0.0562. The fourth-order valence-electron chi connectivity index (χ4n) is 1.97. The van der Waals surface area contributed by atoms with Crippen molar-refractivity contribution in [1.82, 2.24) is 0 Å². The molecule has 13 heavy (non-hydrogen) atoms. The average Bonchev–Trinajstić information content (AvgIpc) is 2.80. The molecular formula is C11H14ClN. The van der Waals surface area contributed by atoms with E-state index in [2.05, 4.69) is 6.92 Å². The van der Waals surface area contributed by atoms with Crippen LogP contribution < -0.4 is 5.73 Å². The standard InChI is InChI=1S/C11H14ClN/c1-2-8-7-11(8,13)9-3-5-10(12)6-4-9/h3-6,8H,2,7,13H2,1H3. The molecule has 1 aromatic rings. The van der Waals surface area contributed by atoms with E-state index in [1.165, 1.54) is 12.0 Å². The van der Waals surface area contributed by atoms with E-state index in [4.69, 9.17) is 17.3 Å². The molecule has 0 aliphatic heterocycles. The van der Waals surface area contributed by atoms with Gasteiger partial charge in [0.2, 0.25) is 0 Å². The molecule has 0 spiro atoms. The molecule has 2 unspecified atom stereocenters. The van der Waals surface area contributed by atoms with Crippen LogP contribution in [0.1, 0.15) is 25.3 Å². The molecule has 0 saturated heterocycles. The molecule has 2 N–H and O–H groups in total. The minimum Gasteiger partial charge on any atom is -0.321 e. The molecule has 1 aromatic carbocycles. The van der Waals surface area contributed by atoms with Gasteiger partial charge in [0.15, 0.2) is 0 Å². The number of rotatable bonds is 2. The second kappa shape index (κ2) is 3.00. The second-order valence-corrected chi connectivity index (χ2v) is 4.29. The summed E-state index contributed by atoms with van der Waals surface area (Å²) in [5.41, 5.74) is 7.40. The summed E-state index contributed by atoms with van der Waals surface area (Å²) < 4.78 is 0. The van der Waals surface area contributed by atoms with Crippen LogP contribution in [0.25, 0.3) is 0 Å². The molecule has 0 heterocycles. The maximum absolute atomic E-state index is 6.23. The summed E-state index contributed by atoms with van der Waals surface area (Å²) in [6.45, 7) is 2.19. The lowest BCUT2D eigenvalue weighted by atomic mass is 10.0. The van der Waals surface area contributed by atoms with Crippen LogP contribution >= 0.6 is 11.6 Å². The van der Waals surface area contributed by atoms with Crippen molar-refractivity contribution in [3.05, 3.63) is 34.9 Å². The quantitative estimate of drug-likeness (QED) is 0.772. The van der Waals surface area contributed by atoms with E-state index in [1.54, 1.807) is 0 Å². The van der Waals surface area contributed by atoms with Crippen LogP contribution in [0, 0.1) is 5.92 Å². The lowest BCUT2D eigenvalue weighted by Gasteiger charge is -2.11. The van der Waals surface area contributed by atoms with Crippen molar-refractivity contribution in [2.45, 2.75) is 25.3 Å². The highest BCUT2D eigenvalue weighted by Gasteiger charge is 2.50. The van der Waals surface area contributed by atoms with Gasteiger partial charge in [0.05, 0.1) is 0 Å². The van der Waals surface area contributed by atoms with Crippen molar-refractivity contribution in [3.63, 3.8) is 0 Å². The van der Waals surface area contributed by atoms with Gasteiger partial charge in [-0.2, -0.15) is 0 Å². The van der Waals surface area contributed by atoms with Crippen molar-refractivity contribution >= 4 is 11.6 Å². The fraction of sp³-hybridized carbons (Fsp3) is 0.455. The third kappa shape index (κ3) is 1.47. The maximum Gasteiger partial charge on any atom is 0.0442 e. The molecule has 0 aromatic heterocycles. The highest BCUT2D eigenvalue weighted by atomic mass is 35.5. The smallest absolute Gasteiger partial charge is 0.0442 e. The first-order valence-corrected chi connectivity index (χ1v) is 5.09. The summed E-state index contributed by atoms with van der Waals surface area (Å²) in [5.74, 6) is 0.661. The number of halogens is 1. The van der Waals surface area contributed by atoms with Gasteiger partial charge in [-0.3, -0.25) is 0 Å². The SMILES string of the molecule is CCC1CC1(N)c1ccc(Cl)cc1. The molecule has 2 atom stereocenters. The zero-order chi connectivity index (χ0) is 9.47. The van der Waals surface area contributed by atoms with Gasteiger partial charge in [0.1, 0.15) is 0 Å². The van der Waals surface area contributed by atoms with Gasteiger partial charge >= 0.3 is 0 Å². The molecule has 1 fully saturated rings. The van der Waals surface area contributed by atoms with Crippen molar-refractivity contribution in [2.24, 2.45) is 11.7 Å². The minimum atomic E-state index is -0.0562. The number of nitrogens with two attached hydrogens (primary N) is 1. The monoisotopic (exact) mass is 195 g/mol. The van der Waals surface area contributed by atoms with E-state index in [-0.39, 0.29) is 5.54 Å². The zero-order valence-electron chi connectivity index (χ0n) is 7.76. The van der Waals surface area contributed by atoms with Gasteiger partial charge in [0, 0.05) is 10.6 Å². The van der Waals surface area contributed by atoms with Crippen molar-refractivity contribution < 1.29 is 0 Å². The fourth-order valence-corrected chi connectivity index (χ4v) is 2.10. The molecule has 1 nitrogen and oxygen atoms in total. The van der Waals surface area contributed by atoms with Crippen LogP contribution in [0.3, 0.4) is 0 Å². The van der Waals surface area contributed by atoms with Gasteiger partial charge in [-0.15, -0.1) is 0 Å². The summed E-state index contributed by atoms with van der Waals surface area (Å²) in [4.78, 5) is 0. The zero-order valence-corrected chi connectivity index (χ0v) is 8.51. The molecule has 70 valence electrons. The van der Waals surface area contributed by atoms with E-state index in [0.717, 1.165) is 11.4 Å². The van der Waals surface area contributed by atoms with Gasteiger partial charge in [-0.05, 0) is 30.0 Å². The lowest BCUT2D eigenvalue weighted by molar-refractivity contribution is 0.615. The van der Waals surface area contributed by atoms with Crippen LogP contribution in [0.2, 0.25) is 5.02 Å². The van der Waals surface area contributed by atoms with Crippen LogP contribution in [0.15, 0.2) is 24.3 Å². The van der Waals surface area contributed by atoms with Crippen LogP contribution in [-0.4, -0.2) is 0 Å². The van der Waals surface area contributed by atoms with Crippen molar-refractivity contribution in [1.29, 1.82) is 0 Å². The molecule has 1 aliphatic carbocycles. The molecule has 1 saturated carbocycles. The Labute approximate surface area is 83.9 Å². The van der Waals surface area contributed by atoms with Gasteiger partial charge in [-0.25, -0.2) is 0 Å². The average molecular weight is 196 g/mol. The second-order valence-electron chi connectivity index (χ2n) is 3.86. The van der Waals surface area contributed by atoms with E-state index in [9.17, 15) is 0 Å². The molecular weight excluding hydrogens is 182 g/mol. The Bertz CT molecular complexity index is 306. The first kappa shape index (κ1) is 9.04. The molecule has 0 radical (unpaired) electrons. The first-order valence-electron chi connectivity index (χ1n) is 4.71. The van der Waals surface area contributed by atoms with E-state index in [0.29, 0.717) is 5.92 Å². The summed E-state index contributed by atoms with van der Waals surface area (Å²) in [6, 6.07) is 7.91. The topological polar surface area (TPSA) is 26.0 Å². The van der Waals surface area contributed by atoms with Crippen LogP contribution in [0.5, 0.6) is 0 Å². The highest BCUT2D eigenvalue weighted by molar-refractivity contribution is 6.30.